The Kier molecular flexibility index (Phi) is 12.7. The van der Waals surface area contributed by atoms with Crippen LogP contribution in [0.4, 0.5) is 5.69 Å². The highest BCUT2D eigenvalue weighted by Gasteiger charge is 2.36. The lowest BCUT2D eigenvalue weighted by Crippen LogP contribution is -2.40. The van der Waals surface area contributed by atoms with Gasteiger partial charge in [-0.1, -0.05) is 54.7 Å². The van der Waals surface area contributed by atoms with E-state index >= 15 is 0 Å². The minimum atomic E-state index is -0.919. The number of methoxy groups -OCH3 is 2. The molecule has 2 heterocycles. The zero-order valence-electron chi connectivity index (χ0n) is 29.2. The van der Waals surface area contributed by atoms with E-state index in [2.05, 4.69) is 5.32 Å². The molecule has 0 saturated heterocycles. The standard InChI is InChI=1S/C38H41N3O9S/c1-6-18-48-35-27(14-11-15-29(35)46-5)34-33(37(44)49-20-19-45-4)24(3)39-38-41(34)36(43)31(51-38)22-25-16-17-28(30(21-25)47-7-2)50-23-32(42)40-26-12-9-8-10-13-26/h8-17,21-22,34H,6-7,18-20,23H2,1-5H3,(H,40,42)/b31-22+/t34-/m0/s1. The van der Waals surface area contributed by atoms with Crippen molar-refractivity contribution in [2.45, 2.75) is 33.2 Å². The minimum absolute atomic E-state index is 0.0279. The van der Waals surface area contributed by atoms with Gasteiger partial charge in [-0.3, -0.25) is 14.2 Å². The summed E-state index contributed by atoms with van der Waals surface area (Å²) in [4.78, 5) is 45.6. The van der Waals surface area contributed by atoms with Crippen molar-refractivity contribution >= 4 is 35.0 Å². The van der Waals surface area contributed by atoms with E-state index in [1.54, 1.807) is 55.5 Å². The van der Waals surface area contributed by atoms with Gasteiger partial charge in [0.05, 0.1) is 42.7 Å². The third-order valence-corrected chi connectivity index (χ3v) is 8.70. The summed E-state index contributed by atoms with van der Waals surface area (Å²) >= 11 is 1.19. The maximum atomic E-state index is 14.3. The van der Waals surface area contributed by atoms with Gasteiger partial charge < -0.3 is 33.7 Å². The van der Waals surface area contributed by atoms with Gasteiger partial charge in [0.1, 0.15) is 12.6 Å². The van der Waals surface area contributed by atoms with Crippen molar-refractivity contribution in [3.63, 3.8) is 0 Å². The number of aromatic nitrogens is 1. The van der Waals surface area contributed by atoms with Crippen molar-refractivity contribution in [3.05, 3.63) is 109 Å². The Morgan fingerprint density at radius 2 is 1.73 bits per heavy atom. The maximum absolute atomic E-state index is 14.3. The van der Waals surface area contributed by atoms with Crippen LogP contribution in [0.5, 0.6) is 23.0 Å². The van der Waals surface area contributed by atoms with Gasteiger partial charge in [-0.05, 0) is 62.2 Å². The lowest BCUT2D eigenvalue weighted by Gasteiger charge is -2.27. The molecule has 3 aromatic carbocycles. The number of fused-ring (bicyclic) bond motifs is 1. The summed E-state index contributed by atoms with van der Waals surface area (Å²) in [6.45, 7) is 6.30. The molecule has 1 aliphatic rings. The van der Waals surface area contributed by atoms with Gasteiger partial charge >= 0.3 is 5.97 Å². The summed E-state index contributed by atoms with van der Waals surface area (Å²) < 4.78 is 36.0. The van der Waals surface area contributed by atoms with Crippen molar-refractivity contribution in [1.82, 2.24) is 4.57 Å². The third kappa shape index (κ3) is 8.67. The van der Waals surface area contributed by atoms with Gasteiger partial charge in [-0.25, -0.2) is 9.79 Å². The van der Waals surface area contributed by atoms with Crippen LogP contribution in [0.2, 0.25) is 0 Å². The Hall–Kier alpha value is -5.40. The molecule has 0 aliphatic carbocycles. The highest BCUT2D eigenvalue weighted by Crippen LogP contribution is 2.41. The summed E-state index contributed by atoms with van der Waals surface area (Å²) in [6.07, 6.45) is 2.46. The number of carbonyl (C=O) groups excluding carboxylic acids is 2. The number of ether oxygens (including phenoxy) is 6. The molecule has 0 bridgehead atoms. The third-order valence-electron chi connectivity index (χ3n) is 7.72. The molecule has 1 N–H and O–H groups in total. The number of benzene rings is 3. The lowest BCUT2D eigenvalue weighted by atomic mass is 9.94. The maximum Gasteiger partial charge on any atom is 0.338 e. The quantitative estimate of drug-likeness (QED) is 0.130. The van der Waals surface area contributed by atoms with Crippen molar-refractivity contribution in [2.24, 2.45) is 4.99 Å². The highest BCUT2D eigenvalue weighted by molar-refractivity contribution is 7.07. The molecular formula is C38H41N3O9S. The van der Waals surface area contributed by atoms with E-state index in [-0.39, 0.29) is 36.9 Å². The first-order valence-electron chi connectivity index (χ1n) is 16.5. The number of amides is 1. The van der Waals surface area contributed by atoms with Gasteiger partial charge in [0, 0.05) is 18.4 Å². The summed E-state index contributed by atoms with van der Waals surface area (Å²) in [5.74, 6) is 0.742. The first-order chi connectivity index (χ1) is 24.8. The van der Waals surface area contributed by atoms with Crippen molar-refractivity contribution in [3.8, 4) is 23.0 Å². The molecule has 0 unspecified atom stereocenters. The van der Waals surface area contributed by atoms with Gasteiger partial charge in [-0.2, -0.15) is 0 Å². The highest BCUT2D eigenvalue weighted by atomic mass is 32.1. The molecule has 0 spiro atoms. The minimum Gasteiger partial charge on any atom is -0.493 e. The average molecular weight is 716 g/mol. The Labute approximate surface area is 299 Å². The van der Waals surface area contributed by atoms with Crippen molar-refractivity contribution in [1.29, 1.82) is 0 Å². The van der Waals surface area contributed by atoms with Crippen LogP contribution < -0.4 is 39.2 Å². The number of nitrogens with zero attached hydrogens (tertiary/aromatic N) is 2. The number of allylic oxidation sites excluding steroid dienone is 1. The monoisotopic (exact) mass is 715 g/mol. The second kappa shape index (κ2) is 17.5. The van der Waals surface area contributed by atoms with E-state index < -0.39 is 12.0 Å². The van der Waals surface area contributed by atoms with E-state index in [0.717, 1.165) is 6.42 Å². The topological polar surface area (TPSA) is 136 Å². The number of hydrogen-bond acceptors (Lipinski definition) is 11. The SMILES string of the molecule is CCCOc1c(OC)cccc1[C@H]1C(C(=O)OCCOC)=C(C)N=c2s/c(=C/c3ccc(OCC(=O)Nc4ccccc4)c(OCC)c3)c(=O)n21. The van der Waals surface area contributed by atoms with Crippen LogP contribution >= 0.6 is 11.3 Å². The number of rotatable bonds is 16. The Bertz CT molecular complexity index is 2070. The molecule has 1 atom stereocenters. The normalized spacial score (nSPS) is 14.0. The van der Waals surface area contributed by atoms with Crippen LogP contribution in [0.1, 0.15) is 44.4 Å². The van der Waals surface area contributed by atoms with Crippen LogP contribution in [0.25, 0.3) is 6.08 Å². The fraction of sp³-hybridized carbons (Fsp3) is 0.316. The summed E-state index contributed by atoms with van der Waals surface area (Å²) in [7, 11) is 3.06. The summed E-state index contributed by atoms with van der Waals surface area (Å²) in [5, 5.41) is 2.79. The Balaban J connectivity index is 1.54. The number of para-hydroxylation sites is 2. The number of thiazole rings is 1. The Morgan fingerprint density at radius 1 is 0.922 bits per heavy atom. The van der Waals surface area contributed by atoms with Gasteiger partial charge in [0.25, 0.3) is 11.5 Å². The van der Waals surface area contributed by atoms with E-state index in [4.69, 9.17) is 33.4 Å². The van der Waals surface area contributed by atoms with Crippen LogP contribution in [0.15, 0.2) is 87.8 Å². The number of carbonyl (C=O) groups is 2. The van der Waals surface area contributed by atoms with E-state index in [1.165, 1.54) is 30.1 Å². The van der Waals surface area contributed by atoms with E-state index in [9.17, 15) is 14.4 Å². The zero-order valence-corrected chi connectivity index (χ0v) is 30.0. The van der Waals surface area contributed by atoms with Crippen LogP contribution in [0.3, 0.4) is 0 Å². The molecule has 1 amide bonds. The molecule has 12 nitrogen and oxygen atoms in total. The largest absolute Gasteiger partial charge is 0.493 e. The molecule has 1 aromatic heterocycles. The smallest absolute Gasteiger partial charge is 0.338 e. The molecule has 0 fully saturated rings. The number of esters is 1. The van der Waals surface area contributed by atoms with Gasteiger partial charge in [0.2, 0.25) is 0 Å². The summed E-state index contributed by atoms with van der Waals surface area (Å²) in [6, 6.07) is 18.8. The molecule has 13 heteroatoms. The van der Waals surface area contributed by atoms with Crippen molar-refractivity contribution in [2.75, 3.05) is 52.6 Å². The van der Waals surface area contributed by atoms with Gasteiger partial charge in [-0.15, -0.1) is 0 Å². The van der Waals surface area contributed by atoms with E-state index in [1.807, 2.05) is 38.1 Å². The fourth-order valence-corrected chi connectivity index (χ4v) is 6.50. The average Bonchev–Trinajstić information content (AvgIpc) is 3.43. The molecule has 0 saturated carbocycles. The molecule has 268 valence electrons. The lowest BCUT2D eigenvalue weighted by molar-refractivity contribution is -0.140. The summed E-state index contributed by atoms with van der Waals surface area (Å²) in [5.41, 5.74) is 2.13. The Morgan fingerprint density at radius 3 is 2.45 bits per heavy atom. The molecule has 4 aromatic rings. The predicted octanol–water partition coefficient (Wildman–Crippen LogP) is 4.64. The van der Waals surface area contributed by atoms with E-state index in [0.29, 0.717) is 68.1 Å². The number of anilines is 1. The predicted molar refractivity (Wildman–Crippen MR) is 194 cm³/mol. The van der Waals surface area contributed by atoms with Crippen LogP contribution in [0, 0.1) is 0 Å². The van der Waals surface area contributed by atoms with Crippen LogP contribution in [-0.4, -0.2) is 63.7 Å². The molecule has 5 rings (SSSR count). The number of nitrogens with one attached hydrogen (secondary N) is 1. The first-order valence-corrected chi connectivity index (χ1v) is 17.3. The molecule has 0 radical (unpaired) electrons. The molecular weight excluding hydrogens is 674 g/mol. The second-order valence-corrected chi connectivity index (χ2v) is 12.3. The first kappa shape index (κ1) is 36.9. The van der Waals surface area contributed by atoms with Gasteiger partial charge in [0.15, 0.2) is 34.4 Å². The zero-order chi connectivity index (χ0) is 36.3. The van der Waals surface area contributed by atoms with Crippen molar-refractivity contribution < 1.29 is 38.0 Å². The number of hydrogen-bond donors (Lipinski definition) is 1. The second-order valence-electron chi connectivity index (χ2n) is 11.3. The van der Waals surface area contributed by atoms with Crippen LogP contribution in [-0.2, 0) is 19.1 Å². The molecule has 1 aliphatic heterocycles. The molecule has 51 heavy (non-hydrogen) atoms. The fourth-order valence-electron chi connectivity index (χ4n) is 5.46.